The number of hydrogen-bond donors (Lipinski definition) is 1. The molecule has 1 aliphatic carbocycles. The van der Waals surface area contributed by atoms with Gasteiger partial charge in [-0.2, -0.15) is 0 Å². The maximum Gasteiger partial charge on any atom is 0.0571 e. The third kappa shape index (κ3) is 3.04. The molecule has 1 heteroatoms. The highest BCUT2D eigenvalue weighted by atomic mass is 16.3. The van der Waals surface area contributed by atoms with Crippen molar-refractivity contribution in [3.05, 3.63) is 0 Å². The van der Waals surface area contributed by atoms with Crippen molar-refractivity contribution in [2.75, 3.05) is 0 Å². The number of unbranched alkanes of at least 4 members (excludes halogenated alkanes) is 1. The van der Waals surface area contributed by atoms with Gasteiger partial charge in [0.2, 0.25) is 0 Å². The second-order valence-electron chi connectivity index (χ2n) is 4.24. The fourth-order valence-electron chi connectivity index (χ4n) is 2.37. The molecule has 1 saturated carbocycles. The molecule has 0 amide bonds. The van der Waals surface area contributed by atoms with E-state index in [0.717, 1.165) is 19.3 Å². The van der Waals surface area contributed by atoms with E-state index in [4.69, 9.17) is 6.42 Å². The molecule has 0 aromatic heterocycles. The SMILES string of the molecule is C#CCCCC(O)C1CCCC1C. The zero-order chi connectivity index (χ0) is 9.68. The summed E-state index contributed by atoms with van der Waals surface area (Å²) in [6.45, 7) is 2.25. The number of terminal acetylenes is 1. The number of rotatable bonds is 4. The number of hydrogen-bond acceptors (Lipinski definition) is 1. The van der Waals surface area contributed by atoms with Crippen LogP contribution in [0.5, 0.6) is 0 Å². The van der Waals surface area contributed by atoms with Crippen LogP contribution < -0.4 is 0 Å². The molecule has 1 fully saturated rings. The summed E-state index contributed by atoms with van der Waals surface area (Å²) >= 11 is 0. The lowest BCUT2D eigenvalue weighted by molar-refractivity contribution is 0.0804. The van der Waals surface area contributed by atoms with E-state index in [1.54, 1.807) is 0 Å². The van der Waals surface area contributed by atoms with Crippen molar-refractivity contribution in [1.82, 2.24) is 0 Å². The summed E-state index contributed by atoms with van der Waals surface area (Å²) in [5.41, 5.74) is 0. The van der Waals surface area contributed by atoms with Crippen LogP contribution in [0.25, 0.3) is 0 Å². The highest BCUT2D eigenvalue weighted by Crippen LogP contribution is 2.34. The molecule has 0 aromatic carbocycles. The minimum atomic E-state index is -0.106. The predicted octanol–water partition coefficient (Wildman–Crippen LogP) is 2.59. The molecule has 0 radical (unpaired) electrons. The monoisotopic (exact) mass is 180 g/mol. The second kappa shape index (κ2) is 5.29. The lowest BCUT2D eigenvalue weighted by atomic mass is 9.89. The first-order valence-electron chi connectivity index (χ1n) is 5.37. The number of aliphatic hydroxyl groups excluding tert-OH is 1. The number of aliphatic hydroxyl groups is 1. The smallest absolute Gasteiger partial charge is 0.0571 e. The predicted molar refractivity (Wildman–Crippen MR) is 55.2 cm³/mol. The normalized spacial score (nSPS) is 29.9. The average molecular weight is 180 g/mol. The summed E-state index contributed by atoms with van der Waals surface area (Å²) in [5.74, 6) is 3.86. The topological polar surface area (TPSA) is 20.2 Å². The van der Waals surface area contributed by atoms with Gasteiger partial charge in [-0.15, -0.1) is 12.3 Å². The van der Waals surface area contributed by atoms with Crippen molar-refractivity contribution in [2.45, 2.75) is 51.6 Å². The van der Waals surface area contributed by atoms with Crippen molar-refractivity contribution in [3.8, 4) is 12.3 Å². The highest BCUT2D eigenvalue weighted by Gasteiger charge is 2.28. The molecule has 1 aliphatic rings. The standard InChI is InChI=1S/C12H20O/c1-3-4-5-9-12(13)11-8-6-7-10(11)2/h1,10-13H,4-9H2,2H3. The van der Waals surface area contributed by atoms with Gasteiger partial charge in [0, 0.05) is 6.42 Å². The van der Waals surface area contributed by atoms with E-state index in [1.165, 1.54) is 19.3 Å². The summed E-state index contributed by atoms with van der Waals surface area (Å²) in [5, 5.41) is 9.88. The van der Waals surface area contributed by atoms with E-state index in [2.05, 4.69) is 12.8 Å². The first-order chi connectivity index (χ1) is 6.25. The Morgan fingerprint density at radius 3 is 2.85 bits per heavy atom. The van der Waals surface area contributed by atoms with Gasteiger partial charge >= 0.3 is 0 Å². The Bertz CT molecular complexity index is 180. The zero-order valence-corrected chi connectivity index (χ0v) is 8.50. The third-order valence-corrected chi connectivity index (χ3v) is 3.24. The van der Waals surface area contributed by atoms with E-state index in [0.29, 0.717) is 11.8 Å². The maximum absolute atomic E-state index is 9.88. The van der Waals surface area contributed by atoms with Crippen LogP contribution in [-0.4, -0.2) is 11.2 Å². The second-order valence-corrected chi connectivity index (χ2v) is 4.24. The van der Waals surface area contributed by atoms with Gasteiger partial charge in [0.15, 0.2) is 0 Å². The Morgan fingerprint density at radius 1 is 1.54 bits per heavy atom. The first-order valence-corrected chi connectivity index (χ1v) is 5.37. The summed E-state index contributed by atoms with van der Waals surface area (Å²) in [4.78, 5) is 0. The maximum atomic E-state index is 9.88. The molecular formula is C12H20O. The highest BCUT2D eigenvalue weighted by molar-refractivity contribution is 4.85. The molecule has 0 aromatic rings. The quantitative estimate of drug-likeness (QED) is 0.521. The van der Waals surface area contributed by atoms with E-state index < -0.39 is 0 Å². The molecule has 13 heavy (non-hydrogen) atoms. The van der Waals surface area contributed by atoms with Gasteiger partial charge in [0.25, 0.3) is 0 Å². The lowest BCUT2D eigenvalue weighted by Gasteiger charge is -2.21. The Kier molecular flexibility index (Phi) is 4.32. The van der Waals surface area contributed by atoms with Crippen LogP contribution in [0.1, 0.15) is 45.4 Å². The van der Waals surface area contributed by atoms with E-state index in [9.17, 15) is 5.11 Å². The molecule has 1 nitrogen and oxygen atoms in total. The van der Waals surface area contributed by atoms with Gasteiger partial charge in [-0.3, -0.25) is 0 Å². The molecule has 0 aliphatic heterocycles. The van der Waals surface area contributed by atoms with Crippen LogP contribution in [0, 0.1) is 24.2 Å². The van der Waals surface area contributed by atoms with Gasteiger partial charge in [-0.05, 0) is 31.1 Å². The fourth-order valence-corrected chi connectivity index (χ4v) is 2.37. The summed E-state index contributed by atoms with van der Waals surface area (Å²) in [6.07, 6.45) is 11.5. The first kappa shape index (κ1) is 10.6. The van der Waals surface area contributed by atoms with E-state index in [1.807, 2.05) is 0 Å². The molecule has 0 bridgehead atoms. The van der Waals surface area contributed by atoms with Crippen molar-refractivity contribution >= 4 is 0 Å². The van der Waals surface area contributed by atoms with Crippen molar-refractivity contribution in [2.24, 2.45) is 11.8 Å². The van der Waals surface area contributed by atoms with Crippen LogP contribution in [0.3, 0.4) is 0 Å². The molecule has 0 saturated heterocycles. The summed E-state index contributed by atoms with van der Waals surface area (Å²) in [6, 6.07) is 0. The van der Waals surface area contributed by atoms with Gasteiger partial charge in [-0.25, -0.2) is 0 Å². The fraction of sp³-hybridized carbons (Fsp3) is 0.833. The van der Waals surface area contributed by atoms with Crippen molar-refractivity contribution < 1.29 is 5.11 Å². The molecular weight excluding hydrogens is 160 g/mol. The van der Waals surface area contributed by atoms with E-state index >= 15 is 0 Å². The molecule has 3 atom stereocenters. The van der Waals surface area contributed by atoms with Crippen LogP contribution in [0.15, 0.2) is 0 Å². The van der Waals surface area contributed by atoms with E-state index in [-0.39, 0.29) is 6.10 Å². The third-order valence-electron chi connectivity index (χ3n) is 3.24. The Labute approximate surface area is 81.5 Å². The van der Waals surface area contributed by atoms with Crippen molar-refractivity contribution in [3.63, 3.8) is 0 Å². The van der Waals surface area contributed by atoms with Gasteiger partial charge in [0.1, 0.15) is 0 Å². The molecule has 1 N–H and O–H groups in total. The minimum absolute atomic E-state index is 0.106. The lowest BCUT2D eigenvalue weighted by Crippen LogP contribution is -2.22. The van der Waals surface area contributed by atoms with Crippen LogP contribution in [0.2, 0.25) is 0 Å². The molecule has 1 rings (SSSR count). The molecule has 3 unspecified atom stereocenters. The average Bonchev–Trinajstić information content (AvgIpc) is 2.52. The van der Waals surface area contributed by atoms with Gasteiger partial charge in [-0.1, -0.05) is 19.8 Å². The molecule has 0 spiro atoms. The van der Waals surface area contributed by atoms with Crippen LogP contribution >= 0.6 is 0 Å². The Balaban J connectivity index is 2.22. The van der Waals surface area contributed by atoms with Crippen LogP contribution in [0.4, 0.5) is 0 Å². The van der Waals surface area contributed by atoms with Gasteiger partial charge < -0.3 is 5.11 Å². The summed E-state index contributed by atoms with van der Waals surface area (Å²) in [7, 11) is 0. The molecule has 74 valence electrons. The van der Waals surface area contributed by atoms with Gasteiger partial charge in [0.05, 0.1) is 6.10 Å². The molecule has 0 heterocycles. The largest absolute Gasteiger partial charge is 0.393 e. The van der Waals surface area contributed by atoms with Crippen molar-refractivity contribution in [1.29, 1.82) is 0 Å². The van der Waals surface area contributed by atoms with Crippen LogP contribution in [-0.2, 0) is 0 Å². The Hall–Kier alpha value is -0.480. The minimum Gasteiger partial charge on any atom is -0.393 e. The Morgan fingerprint density at radius 2 is 2.31 bits per heavy atom. The summed E-state index contributed by atoms with van der Waals surface area (Å²) < 4.78 is 0. The zero-order valence-electron chi connectivity index (χ0n) is 8.50.